The number of carboxylic acids is 1. The number of carboxylic acid groups (broad SMARTS) is 1. The number of nitrogens with zero attached hydrogens (tertiary/aromatic N) is 1. The standard InChI is InChI=1S/C11H14ClNO4S/c1-3-13(4-2)18(16,17)8-5-6-9(11(14)15)10(12)7-8/h5-7H,3-4H2,1-2H3,(H,14,15). The first kappa shape index (κ1) is 14.9. The molecule has 0 aromatic heterocycles. The Morgan fingerprint density at radius 2 is 1.89 bits per heavy atom. The van der Waals surface area contributed by atoms with Crippen LogP contribution in [0.15, 0.2) is 23.1 Å². The predicted octanol–water partition coefficient (Wildman–Crippen LogP) is 2.07. The molecule has 1 rings (SSSR count). The smallest absolute Gasteiger partial charge is 0.337 e. The third-order valence-electron chi connectivity index (χ3n) is 2.51. The maximum absolute atomic E-state index is 12.1. The lowest BCUT2D eigenvalue weighted by Crippen LogP contribution is -2.30. The number of aromatic carboxylic acids is 1. The van der Waals surface area contributed by atoms with Crippen LogP contribution in [0.3, 0.4) is 0 Å². The lowest BCUT2D eigenvalue weighted by Gasteiger charge is -2.18. The molecule has 7 heteroatoms. The van der Waals surface area contributed by atoms with Crippen molar-refractivity contribution in [2.24, 2.45) is 0 Å². The van der Waals surface area contributed by atoms with Gasteiger partial charge in [-0.2, -0.15) is 4.31 Å². The van der Waals surface area contributed by atoms with Crippen LogP contribution in [-0.2, 0) is 10.0 Å². The third kappa shape index (κ3) is 2.82. The Morgan fingerprint density at radius 1 is 1.33 bits per heavy atom. The summed E-state index contributed by atoms with van der Waals surface area (Å²) < 4.78 is 25.6. The molecule has 0 amide bonds. The Hall–Kier alpha value is -1.11. The lowest BCUT2D eigenvalue weighted by molar-refractivity contribution is 0.0697. The first-order valence-corrected chi connectivity index (χ1v) is 7.19. The van der Waals surface area contributed by atoms with Crippen LogP contribution in [0.25, 0.3) is 0 Å². The quantitative estimate of drug-likeness (QED) is 0.901. The summed E-state index contributed by atoms with van der Waals surface area (Å²) in [6, 6.07) is 3.61. The molecule has 1 aromatic rings. The highest BCUT2D eigenvalue weighted by Gasteiger charge is 2.23. The minimum atomic E-state index is -3.61. The minimum absolute atomic E-state index is 0.00111. The van der Waals surface area contributed by atoms with E-state index in [2.05, 4.69) is 0 Å². The second-order valence-corrected chi connectivity index (χ2v) is 5.88. The molecule has 0 saturated heterocycles. The monoisotopic (exact) mass is 291 g/mol. The SMILES string of the molecule is CCN(CC)S(=O)(=O)c1ccc(C(=O)O)c(Cl)c1. The molecule has 0 spiro atoms. The maximum atomic E-state index is 12.1. The first-order valence-electron chi connectivity index (χ1n) is 5.37. The molecule has 0 aliphatic rings. The van der Waals surface area contributed by atoms with Crippen molar-refractivity contribution in [3.63, 3.8) is 0 Å². The second-order valence-electron chi connectivity index (χ2n) is 3.54. The van der Waals surface area contributed by atoms with Crippen molar-refractivity contribution in [1.82, 2.24) is 4.31 Å². The fourth-order valence-corrected chi connectivity index (χ4v) is 3.35. The molecule has 0 fully saturated rings. The summed E-state index contributed by atoms with van der Waals surface area (Å²) in [5.74, 6) is -1.19. The molecular weight excluding hydrogens is 278 g/mol. The van der Waals surface area contributed by atoms with E-state index in [1.54, 1.807) is 13.8 Å². The molecule has 5 nitrogen and oxygen atoms in total. The van der Waals surface area contributed by atoms with Crippen molar-refractivity contribution in [3.05, 3.63) is 28.8 Å². The number of halogens is 1. The topological polar surface area (TPSA) is 74.7 Å². The van der Waals surface area contributed by atoms with Crippen molar-refractivity contribution >= 4 is 27.6 Å². The zero-order valence-corrected chi connectivity index (χ0v) is 11.6. The molecule has 100 valence electrons. The van der Waals surface area contributed by atoms with Gasteiger partial charge in [0.05, 0.1) is 15.5 Å². The van der Waals surface area contributed by atoms with Gasteiger partial charge in [-0.05, 0) is 18.2 Å². The Morgan fingerprint density at radius 3 is 2.28 bits per heavy atom. The molecule has 0 atom stereocenters. The summed E-state index contributed by atoms with van der Waals surface area (Å²) in [5.41, 5.74) is -0.116. The van der Waals surface area contributed by atoms with Crippen LogP contribution in [0.5, 0.6) is 0 Å². The van der Waals surface area contributed by atoms with E-state index in [0.717, 1.165) is 0 Å². The third-order valence-corrected chi connectivity index (χ3v) is 4.87. The molecule has 1 aromatic carbocycles. The molecule has 0 bridgehead atoms. The van der Waals surface area contributed by atoms with Gasteiger partial charge in [-0.25, -0.2) is 13.2 Å². The Kier molecular flexibility index (Phi) is 4.72. The summed E-state index contributed by atoms with van der Waals surface area (Å²) in [5, 5.41) is 8.73. The normalized spacial score (nSPS) is 11.8. The summed E-state index contributed by atoms with van der Waals surface area (Å²) in [6.07, 6.45) is 0. The van der Waals surface area contributed by atoms with Gasteiger partial charge in [-0.15, -0.1) is 0 Å². The first-order chi connectivity index (χ1) is 8.34. The van der Waals surface area contributed by atoms with Gasteiger partial charge in [-0.3, -0.25) is 0 Å². The van der Waals surface area contributed by atoms with E-state index in [4.69, 9.17) is 16.7 Å². The van der Waals surface area contributed by atoms with Crippen molar-refractivity contribution < 1.29 is 18.3 Å². The zero-order chi connectivity index (χ0) is 13.9. The molecule has 0 aliphatic heterocycles. The van der Waals surface area contributed by atoms with Crippen LogP contribution >= 0.6 is 11.6 Å². The van der Waals surface area contributed by atoms with Crippen LogP contribution in [0.4, 0.5) is 0 Å². The largest absolute Gasteiger partial charge is 0.478 e. The van der Waals surface area contributed by atoms with Gasteiger partial charge in [-0.1, -0.05) is 25.4 Å². The van der Waals surface area contributed by atoms with Crippen LogP contribution < -0.4 is 0 Å². The van der Waals surface area contributed by atoms with Gasteiger partial charge < -0.3 is 5.11 Å². The highest BCUT2D eigenvalue weighted by atomic mass is 35.5. The molecule has 0 unspecified atom stereocenters. The summed E-state index contributed by atoms with van der Waals surface area (Å²) in [7, 11) is -3.61. The highest BCUT2D eigenvalue weighted by molar-refractivity contribution is 7.89. The Labute approximate surface area is 111 Å². The lowest BCUT2D eigenvalue weighted by atomic mass is 10.2. The number of benzene rings is 1. The Bertz CT molecular complexity index is 552. The highest BCUT2D eigenvalue weighted by Crippen LogP contribution is 2.23. The molecule has 18 heavy (non-hydrogen) atoms. The van der Waals surface area contributed by atoms with Gasteiger partial charge in [0.2, 0.25) is 10.0 Å². The number of hydrogen-bond donors (Lipinski definition) is 1. The zero-order valence-electron chi connectivity index (χ0n) is 10.1. The number of carbonyl (C=O) groups is 1. The maximum Gasteiger partial charge on any atom is 0.337 e. The fraction of sp³-hybridized carbons (Fsp3) is 0.364. The molecule has 0 radical (unpaired) electrons. The van der Waals surface area contributed by atoms with Gasteiger partial charge in [0, 0.05) is 13.1 Å². The van der Waals surface area contributed by atoms with Crippen LogP contribution in [0.2, 0.25) is 5.02 Å². The second kappa shape index (κ2) is 5.69. The average molecular weight is 292 g/mol. The molecule has 0 saturated carbocycles. The molecule has 1 N–H and O–H groups in total. The van der Waals surface area contributed by atoms with Crippen LogP contribution in [-0.4, -0.2) is 36.9 Å². The van der Waals surface area contributed by atoms with Crippen molar-refractivity contribution in [1.29, 1.82) is 0 Å². The fourth-order valence-electron chi connectivity index (χ4n) is 1.54. The van der Waals surface area contributed by atoms with E-state index in [0.29, 0.717) is 13.1 Å². The summed E-state index contributed by atoms with van der Waals surface area (Å²) in [4.78, 5) is 10.8. The van der Waals surface area contributed by atoms with Crippen LogP contribution in [0.1, 0.15) is 24.2 Å². The van der Waals surface area contributed by atoms with Crippen molar-refractivity contribution in [3.8, 4) is 0 Å². The number of sulfonamides is 1. The summed E-state index contributed by atoms with van der Waals surface area (Å²) >= 11 is 5.76. The molecule has 0 aliphatic carbocycles. The average Bonchev–Trinajstić information content (AvgIpc) is 2.29. The molecular formula is C11H14ClNO4S. The van der Waals surface area contributed by atoms with E-state index in [1.165, 1.54) is 22.5 Å². The van der Waals surface area contributed by atoms with Gasteiger partial charge in [0.25, 0.3) is 0 Å². The Balaban J connectivity index is 3.27. The summed E-state index contributed by atoms with van der Waals surface area (Å²) in [6.45, 7) is 4.15. The van der Waals surface area contributed by atoms with Gasteiger partial charge in [0.15, 0.2) is 0 Å². The van der Waals surface area contributed by atoms with E-state index >= 15 is 0 Å². The van der Waals surface area contributed by atoms with Crippen LogP contribution in [0, 0.1) is 0 Å². The van der Waals surface area contributed by atoms with E-state index < -0.39 is 16.0 Å². The van der Waals surface area contributed by atoms with Crippen molar-refractivity contribution in [2.75, 3.05) is 13.1 Å². The number of hydrogen-bond acceptors (Lipinski definition) is 3. The van der Waals surface area contributed by atoms with Gasteiger partial charge in [0.1, 0.15) is 0 Å². The van der Waals surface area contributed by atoms with Crippen molar-refractivity contribution in [2.45, 2.75) is 18.7 Å². The number of rotatable bonds is 5. The molecule has 0 heterocycles. The minimum Gasteiger partial charge on any atom is -0.478 e. The van der Waals surface area contributed by atoms with E-state index in [9.17, 15) is 13.2 Å². The predicted molar refractivity (Wildman–Crippen MR) is 68.5 cm³/mol. The van der Waals surface area contributed by atoms with E-state index in [-0.39, 0.29) is 15.5 Å². The van der Waals surface area contributed by atoms with Gasteiger partial charge >= 0.3 is 5.97 Å². The van der Waals surface area contributed by atoms with E-state index in [1.807, 2.05) is 0 Å².